The molecule has 0 N–H and O–H groups in total. The number of benzene rings is 10. The Morgan fingerprint density at radius 3 is 1.69 bits per heavy atom. The van der Waals surface area contributed by atoms with Gasteiger partial charge in [0.25, 0.3) is 0 Å². The van der Waals surface area contributed by atoms with Crippen LogP contribution in [0.1, 0.15) is 0 Å². The lowest BCUT2D eigenvalue weighted by Gasteiger charge is -2.27. The van der Waals surface area contributed by atoms with Crippen molar-refractivity contribution in [3.63, 3.8) is 0 Å². The second-order valence-electron chi connectivity index (χ2n) is 15.3. The molecular weight excluding hydrogens is 733 g/mol. The fourth-order valence-corrected chi connectivity index (χ4v) is 10.5. The Kier molecular flexibility index (Phi) is 7.75. The third-order valence-corrected chi connectivity index (χ3v) is 13.2. The van der Waals surface area contributed by atoms with Gasteiger partial charge in [0.2, 0.25) is 0 Å². The van der Waals surface area contributed by atoms with Crippen LogP contribution in [0.3, 0.4) is 0 Å². The van der Waals surface area contributed by atoms with Gasteiger partial charge in [0.1, 0.15) is 0 Å². The second kappa shape index (κ2) is 13.6. The Hall–Kier alpha value is -7.46. The minimum atomic E-state index is 1.10. The van der Waals surface area contributed by atoms with E-state index in [4.69, 9.17) is 0 Å². The molecule has 59 heavy (non-hydrogen) atoms. The molecule has 0 unspecified atom stereocenters. The molecule has 0 radical (unpaired) electrons. The molecule has 0 aliphatic carbocycles. The lowest BCUT2D eigenvalue weighted by Crippen LogP contribution is -2.10. The number of para-hydroxylation sites is 1. The van der Waals surface area contributed by atoms with E-state index in [1.807, 2.05) is 11.3 Å². The van der Waals surface area contributed by atoms with Crippen molar-refractivity contribution in [1.82, 2.24) is 4.57 Å². The van der Waals surface area contributed by atoms with Crippen LogP contribution in [0.5, 0.6) is 0 Å². The van der Waals surface area contributed by atoms with E-state index in [2.05, 4.69) is 228 Å². The molecule has 0 atom stereocenters. The SMILES string of the molecule is c1ccc(-c2ccc(-c3cccc(N(c4ccc5c6ccc7ccccc7c6n(-c6ccccc6)c5c4)c4cccc5c4sc4c6ccccc6ccc54)c3)cc2)cc1. The third-order valence-electron chi connectivity index (χ3n) is 11.9. The average Bonchev–Trinajstić information content (AvgIpc) is 3.87. The highest BCUT2D eigenvalue weighted by Crippen LogP contribution is 2.48. The molecule has 12 rings (SSSR count). The molecule has 12 aromatic rings. The van der Waals surface area contributed by atoms with Gasteiger partial charge >= 0.3 is 0 Å². The number of rotatable bonds is 6. The second-order valence-corrected chi connectivity index (χ2v) is 16.3. The van der Waals surface area contributed by atoms with Crippen LogP contribution in [0.2, 0.25) is 0 Å². The predicted octanol–water partition coefficient (Wildman–Crippen LogP) is 16.3. The molecule has 0 saturated carbocycles. The molecule has 0 aliphatic heterocycles. The van der Waals surface area contributed by atoms with Crippen LogP contribution in [0, 0.1) is 0 Å². The van der Waals surface area contributed by atoms with E-state index in [1.165, 1.54) is 85.8 Å². The summed E-state index contributed by atoms with van der Waals surface area (Å²) in [5.41, 5.74) is 11.7. The Morgan fingerprint density at radius 1 is 0.339 bits per heavy atom. The van der Waals surface area contributed by atoms with Crippen LogP contribution in [-0.2, 0) is 0 Å². The molecule has 0 saturated heterocycles. The molecule has 10 aromatic carbocycles. The van der Waals surface area contributed by atoms with E-state index in [9.17, 15) is 0 Å². The van der Waals surface area contributed by atoms with Gasteiger partial charge in [-0.3, -0.25) is 0 Å². The van der Waals surface area contributed by atoms with Gasteiger partial charge in [-0.2, -0.15) is 0 Å². The van der Waals surface area contributed by atoms with E-state index in [0.29, 0.717) is 0 Å². The summed E-state index contributed by atoms with van der Waals surface area (Å²) in [4.78, 5) is 2.48. The van der Waals surface area contributed by atoms with Crippen molar-refractivity contribution >= 4 is 91.9 Å². The van der Waals surface area contributed by atoms with Crippen molar-refractivity contribution < 1.29 is 0 Å². The maximum Gasteiger partial charge on any atom is 0.0640 e. The summed E-state index contributed by atoms with van der Waals surface area (Å²) in [6.07, 6.45) is 0. The summed E-state index contributed by atoms with van der Waals surface area (Å²) >= 11 is 1.90. The van der Waals surface area contributed by atoms with Gasteiger partial charge < -0.3 is 9.47 Å². The molecule has 0 aliphatic rings. The Balaban J connectivity index is 1.11. The monoisotopic (exact) mass is 768 g/mol. The fourth-order valence-electron chi connectivity index (χ4n) is 9.18. The Labute approximate surface area is 346 Å². The normalized spacial score (nSPS) is 11.7. The van der Waals surface area contributed by atoms with E-state index in [-0.39, 0.29) is 0 Å². The van der Waals surface area contributed by atoms with E-state index < -0.39 is 0 Å². The number of thiophene rings is 1. The Bertz CT molecular complexity index is 3540. The summed E-state index contributed by atoms with van der Waals surface area (Å²) in [6.45, 7) is 0. The quantitative estimate of drug-likeness (QED) is 0.164. The topological polar surface area (TPSA) is 8.17 Å². The van der Waals surface area contributed by atoms with Crippen LogP contribution >= 0.6 is 11.3 Å². The standard InChI is InChI=1S/C56H36N2S/c1-3-13-37(14-4-1)38-25-27-39(28-26-38)42-17-11-20-44(35-42)57(52-24-12-23-50-51-33-30-41-16-8-10-22-47(41)55(51)59-56(50)52)45-31-34-48-49-32-29-40-15-7-9-21-46(40)54(49)58(53(48)36-45)43-18-5-2-6-19-43/h1-36H. The lowest BCUT2D eigenvalue weighted by atomic mass is 9.99. The largest absolute Gasteiger partial charge is 0.309 e. The van der Waals surface area contributed by atoms with Gasteiger partial charge in [0.05, 0.1) is 21.4 Å². The predicted molar refractivity (Wildman–Crippen MR) is 254 cm³/mol. The minimum Gasteiger partial charge on any atom is -0.309 e. The van der Waals surface area contributed by atoms with Crippen LogP contribution in [0.25, 0.3) is 91.5 Å². The minimum absolute atomic E-state index is 1.10. The molecule has 2 heterocycles. The highest BCUT2D eigenvalue weighted by atomic mass is 32.1. The molecule has 2 nitrogen and oxygen atoms in total. The fraction of sp³-hybridized carbons (Fsp3) is 0. The molecule has 3 heteroatoms. The van der Waals surface area contributed by atoms with E-state index in [0.717, 1.165) is 22.7 Å². The molecule has 0 fully saturated rings. The maximum atomic E-state index is 2.48. The van der Waals surface area contributed by atoms with Gasteiger partial charge in [-0.25, -0.2) is 0 Å². The highest BCUT2D eigenvalue weighted by Gasteiger charge is 2.22. The van der Waals surface area contributed by atoms with Gasteiger partial charge in [0.15, 0.2) is 0 Å². The molecule has 276 valence electrons. The van der Waals surface area contributed by atoms with Crippen molar-refractivity contribution in [2.24, 2.45) is 0 Å². The summed E-state index contributed by atoms with van der Waals surface area (Å²) < 4.78 is 5.06. The van der Waals surface area contributed by atoms with Gasteiger partial charge in [-0.15, -0.1) is 11.3 Å². The average molecular weight is 769 g/mol. The molecule has 0 spiro atoms. The summed E-state index contributed by atoms with van der Waals surface area (Å²) in [5, 5.41) is 10.1. The number of aromatic nitrogens is 1. The van der Waals surface area contributed by atoms with Crippen LogP contribution in [0.4, 0.5) is 17.1 Å². The van der Waals surface area contributed by atoms with E-state index in [1.54, 1.807) is 0 Å². The first kappa shape index (κ1) is 33.7. The first-order valence-corrected chi connectivity index (χ1v) is 21.0. The van der Waals surface area contributed by atoms with Crippen LogP contribution in [-0.4, -0.2) is 4.57 Å². The highest BCUT2D eigenvalue weighted by molar-refractivity contribution is 7.27. The van der Waals surface area contributed by atoms with Crippen molar-refractivity contribution in [3.8, 4) is 27.9 Å². The number of hydrogen-bond donors (Lipinski definition) is 0. The lowest BCUT2D eigenvalue weighted by molar-refractivity contribution is 1.18. The zero-order valence-corrected chi connectivity index (χ0v) is 32.9. The first-order valence-electron chi connectivity index (χ1n) is 20.2. The van der Waals surface area contributed by atoms with Gasteiger partial charge in [-0.05, 0) is 80.9 Å². The summed E-state index contributed by atoms with van der Waals surface area (Å²) in [6, 6.07) is 79.9. The zero-order valence-electron chi connectivity index (χ0n) is 32.1. The first-order chi connectivity index (χ1) is 29.3. The number of hydrogen-bond acceptors (Lipinski definition) is 2. The van der Waals surface area contributed by atoms with Crippen molar-refractivity contribution in [2.45, 2.75) is 0 Å². The number of anilines is 3. The van der Waals surface area contributed by atoms with Gasteiger partial charge in [0, 0.05) is 48.7 Å². The third kappa shape index (κ3) is 5.47. The van der Waals surface area contributed by atoms with Crippen LogP contribution < -0.4 is 4.90 Å². The van der Waals surface area contributed by atoms with Crippen LogP contribution in [0.15, 0.2) is 218 Å². The molecule has 0 amide bonds. The summed E-state index contributed by atoms with van der Waals surface area (Å²) in [5.74, 6) is 0. The maximum absolute atomic E-state index is 2.48. The smallest absolute Gasteiger partial charge is 0.0640 e. The summed E-state index contributed by atoms with van der Waals surface area (Å²) in [7, 11) is 0. The molecule has 2 aromatic heterocycles. The van der Waals surface area contributed by atoms with Crippen molar-refractivity contribution in [3.05, 3.63) is 218 Å². The van der Waals surface area contributed by atoms with Crippen molar-refractivity contribution in [2.75, 3.05) is 4.90 Å². The Morgan fingerprint density at radius 2 is 0.898 bits per heavy atom. The number of fused-ring (bicyclic) bond motifs is 10. The zero-order chi connectivity index (χ0) is 38.9. The van der Waals surface area contributed by atoms with Gasteiger partial charge in [-0.1, -0.05) is 176 Å². The molecular formula is C56H36N2S. The van der Waals surface area contributed by atoms with E-state index >= 15 is 0 Å². The van der Waals surface area contributed by atoms with Crippen molar-refractivity contribution in [1.29, 1.82) is 0 Å². The number of nitrogens with zero attached hydrogens (tertiary/aromatic N) is 2. The molecule has 0 bridgehead atoms.